The van der Waals surface area contributed by atoms with Crippen LogP contribution in [0.2, 0.25) is 5.02 Å². The minimum absolute atomic E-state index is 0.0417. The molecular weight excluding hydrogens is 520 g/mol. The molecule has 1 aliphatic heterocycles. The third-order valence-corrected chi connectivity index (χ3v) is 7.59. The van der Waals surface area contributed by atoms with Gasteiger partial charge in [0.25, 0.3) is 0 Å². The lowest BCUT2D eigenvalue weighted by Crippen LogP contribution is -2.44. The third kappa shape index (κ3) is 6.17. The van der Waals surface area contributed by atoms with Gasteiger partial charge >= 0.3 is 0 Å². The number of Topliss-reactive ketones (excluding diaryl/α,β-unsaturated/α-hetero) is 1. The van der Waals surface area contributed by atoms with Gasteiger partial charge in [0.15, 0.2) is 5.78 Å². The lowest BCUT2D eigenvalue weighted by Gasteiger charge is -2.19. The van der Waals surface area contributed by atoms with Crippen molar-refractivity contribution < 1.29 is 9.59 Å². The number of thioether (sulfide) groups is 1. The van der Waals surface area contributed by atoms with E-state index in [1.54, 1.807) is 18.2 Å². The van der Waals surface area contributed by atoms with E-state index in [0.717, 1.165) is 32.9 Å². The summed E-state index contributed by atoms with van der Waals surface area (Å²) in [5, 5.41) is 14.8. The van der Waals surface area contributed by atoms with E-state index in [4.69, 9.17) is 11.6 Å². The number of nitrogens with one attached hydrogen (secondary N) is 1. The summed E-state index contributed by atoms with van der Waals surface area (Å²) in [6.45, 7) is 2.63. The zero-order valence-electron chi connectivity index (χ0n) is 20.7. The maximum atomic E-state index is 13.5. The Hall–Kier alpha value is -3.82. The van der Waals surface area contributed by atoms with Crippen molar-refractivity contribution in [2.75, 3.05) is 5.75 Å². The Morgan fingerprint density at radius 2 is 1.92 bits per heavy atom. The topological polar surface area (TPSA) is 102 Å². The average molecular weight is 545 g/mol. The molecule has 3 aromatic carbocycles. The molecule has 0 spiro atoms. The Labute approximate surface area is 229 Å². The average Bonchev–Trinajstić information content (AvgIpc) is 3.58. The van der Waals surface area contributed by atoms with Crippen LogP contribution in [0.15, 0.2) is 82.9 Å². The van der Waals surface area contributed by atoms with E-state index >= 15 is 0 Å². The van der Waals surface area contributed by atoms with Crippen LogP contribution in [0.1, 0.15) is 29.2 Å². The zero-order valence-corrected chi connectivity index (χ0v) is 22.2. The zero-order chi connectivity index (χ0) is 26.5. The number of nitrogens with zero attached hydrogens (tertiary/aromatic N) is 5. The van der Waals surface area contributed by atoms with Crippen LogP contribution < -0.4 is 5.32 Å². The van der Waals surface area contributed by atoms with Crippen LogP contribution in [0.25, 0.3) is 5.69 Å². The second-order valence-corrected chi connectivity index (χ2v) is 10.5. The lowest BCUT2D eigenvalue weighted by molar-refractivity contribution is -0.126. The molecule has 1 aliphatic rings. The number of hydrogen-bond donors (Lipinski definition) is 1. The molecule has 1 atom stereocenters. The van der Waals surface area contributed by atoms with Crippen molar-refractivity contribution in [3.63, 3.8) is 0 Å². The largest absolute Gasteiger partial charge is 0.345 e. The maximum absolute atomic E-state index is 13.5. The monoisotopic (exact) mass is 544 g/mol. The molecular formula is C28H25ClN6O2S. The fraction of sp³-hybridized carbons (Fsp3) is 0.214. The highest BCUT2D eigenvalue weighted by atomic mass is 35.5. The first kappa shape index (κ1) is 25.8. The predicted octanol–water partition coefficient (Wildman–Crippen LogP) is 4.27. The Morgan fingerprint density at radius 3 is 2.71 bits per heavy atom. The standard InChI is InChI=1S/C28H25ClN6O2S/c1-18-23-9-7-20(11-21(23)15-30-18)13-26(36)24(12-19-5-3-2-4-6-19)32-28(37)16-38-27-14-22(29)8-10-25(27)35-17-31-33-34-35/h2-11,14,17,24H,12-13,15-16H2,1H3,(H,32,37)/t24-/m0/s1. The number of carbonyl (C=O) groups is 2. The number of benzene rings is 3. The van der Waals surface area contributed by atoms with Crippen LogP contribution in [0.4, 0.5) is 0 Å². The summed E-state index contributed by atoms with van der Waals surface area (Å²) in [5.41, 5.74) is 5.90. The molecule has 0 bridgehead atoms. The highest BCUT2D eigenvalue weighted by Crippen LogP contribution is 2.28. The molecule has 0 unspecified atom stereocenters. The molecule has 2 heterocycles. The van der Waals surface area contributed by atoms with Gasteiger partial charge in [0, 0.05) is 27.6 Å². The van der Waals surface area contributed by atoms with Crippen LogP contribution in [0, 0.1) is 0 Å². The Kier molecular flexibility index (Phi) is 7.95. The number of amides is 1. The van der Waals surface area contributed by atoms with E-state index in [1.165, 1.54) is 22.8 Å². The Balaban J connectivity index is 1.28. The van der Waals surface area contributed by atoms with Crippen molar-refractivity contribution in [2.45, 2.75) is 37.2 Å². The fourth-order valence-electron chi connectivity index (χ4n) is 4.39. The molecule has 0 saturated heterocycles. The smallest absolute Gasteiger partial charge is 0.230 e. The molecule has 1 amide bonds. The predicted molar refractivity (Wildman–Crippen MR) is 148 cm³/mol. The minimum Gasteiger partial charge on any atom is -0.345 e. The molecule has 0 fully saturated rings. The molecule has 38 heavy (non-hydrogen) atoms. The molecule has 0 aliphatic carbocycles. The third-order valence-electron chi connectivity index (χ3n) is 6.31. The van der Waals surface area contributed by atoms with Crippen LogP contribution in [-0.4, -0.2) is 49.4 Å². The summed E-state index contributed by atoms with van der Waals surface area (Å²) < 4.78 is 1.52. The second kappa shape index (κ2) is 11.7. The molecule has 10 heteroatoms. The highest BCUT2D eigenvalue weighted by molar-refractivity contribution is 8.00. The van der Waals surface area contributed by atoms with Crippen LogP contribution in [0.3, 0.4) is 0 Å². The van der Waals surface area contributed by atoms with Crippen molar-refractivity contribution in [3.8, 4) is 5.69 Å². The first-order valence-corrected chi connectivity index (χ1v) is 13.5. The van der Waals surface area contributed by atoms with Gasteiger partial charge in [0.2, 0.25) is 5.91 Å². The van der Waals surface area contributed by atoms with Crippen LogP contribution >= 0.6 is 23.4 Å². The van der Waals surface area contributed by atoms with Crippen molar-refractivity contribution in [2.24, 2.45) is 4.99 Å². The number of aromatic nitrogens is 4. The van der Waals surface area contributed by atoms with Crippen LogP contribution in [0.5, 0.6) is 0 Å². The SMILES string of the molecule is CC1=NCc2cc(CC(=O)[C@H](Cc3ccccc3)NC(=O)CSc3cc(Cl)ccc3-n3cnnn3)ccc21. The molecule has 8 nitrogen and oxygen atoms in total. The van der Waals surface area contributed by atoms with Gasteiger partial charge < -0.3 is 5.32 Å². The summed E-state index contributed by atoms with van der Waals surface area (Å²) in [7, 11) is 0. The number of rotatable bonds is 10. The summed E-state index contributed by atoms with van der Waals surface area (Å²) >= 11 is 7.51. The first-order valence-electron chi connectivity index (χ1n) is 12.1. The van der Waals surface area contributed by atoms with Gasteiger partial charge in [-0.3, -0.25) is 14.6 Å². The number of carbonyl (C=O) groups excluding carboxylic acids is 2. The van der Waals surface area contributed by atoms with E-state index in [1.807, 2.05) is 55.5 Å². The number of hydrogen-bond acceptors (Lipinski definition) is 7. The second-order valence-electron chi connectivity index (χ2n) is 9.00. The maximum Gasteiger partial charge on any atom is 0.230 e. The van der Waals surface area contributed by atoms with Gasteiger partial charge in [-0.1, -0.05) is 60.1 Å². The molecule has 5 rings (SSSR count). The van der Waals surface area contributed by atoms with Crippen molar-refractivity contribution in [1.82, 2.24) is 25.5 Å². The molecule has 0 radical (unpaired) electrons. The van der Waals surface area contributed by atoms with E-state index < -0.39 is 6.04 Å². The summed E-state index contributed by atoms with van der Waals surface area (Å²) in [4.78, 5) is 31.8. The van der Waals surface area contributed by atoms with Gasteiger partial charge in [-0.15, -0.1) is 16.9 Å². The molecule has 1 aromatic heterocycles. The number of tetrazole rings is 1. The van der Waals surface area contributed by atoms with Gasteiger partial charge in [-0.05, 0) is 58.7 Å². The van der Waals surface area contributed by atoms with E-state index in [0.29, 0.717) is 23.7 Å². The van der Waals surface area contributed by atoms with Gasteiger partial charge in [0.05, 0.1) is 24.0 Å². The summed E-state index contributed by atoms with van der Waals surface area (Å²) in [5.74, 6) is -0.187. The highest BCUT2D eigenvalue weighted by Gasteiger charge is 2.23. The molecule has 0 saturated carbocycles. The van der Waals surface area contributed by atoms with E-state index in [9.17, 15) is 9.59 Å². The van der Waals surface area contributed by atoms with Crippen molar-refractivity contribution in [1.29, 1.82) is 0 Å². The molecule has 1 N–H and O–H groups in total. The van der Waals surface area contributed by atoms with Gasteiger partial charge in [-0.25, -0.2) is 0 Å². The molecule has 192 valence electrons. The normalized spacial score (nSPS) is 13.1. The van der Waals surface area contributed by atoms with Gasteiger partial charge in [0.1, 0.15) is 6.33 Å². The number of fused-ring (bicyclic) bond motifs is 1. The van der Waals surface area contributed by atoms with Gasteiger partial charge in [-0.2, -0.15) is 4.68 Å². The lowest BCUT2D eigenvalue weighted by atomic mass is 9.95. The Bertz CT molecular complexity index is 1490. The first-order chi connectivity index (χ1) is 18.5. The number of halogens is 1. The minimum atomic E-state index is -0.657. The number of aliphatic imine (C=N–C) groups is 1. The van der Waals surface area contributed by atoms with Crippen molar-refractivity contribution in [3.05, 3.63) is 100 Å². The Morgan fingerprint density at radius 1 is 1.08 bits per heavy atom. The van der Waals surface area contributed by atoms with Crippen molar-refractivity contribution >= 4 is 40.8 Å². The van der Waals surface area contributed by atoms with E-state index in [-0.39, 0.29) is 23.9 Å². The summed E-state index contributed by atoms with van der Waals surface area (Å²) in [6.07, 6.45) is 2.12. The quantitative estimate of drug-likeness (QED) is 0.299. The number of ketones is 1. The summed E-state index contributed by atoms with van der Waals surface area (Å²) in [6, 6.07) is 20.4. The van der Waals surface area contributed by atoms with E-state index in [2.05, 4.69) is 25.8 Å². The fourth-order valence-corrected chi connectivity index (χ4v) is 5.52. The molecule has 4 aromatic rings. The van der Waals surface area contributed by atoms with Crippen LogP contribution in [-0.2, 0) is 29.0 Å².